The topological polar surface area (TPSA) is 72.5 Å². The van der Waals surface area contributed by atoms with Crippen LogP contribution in [0, 0.1) is 0 Å². The Balaban J connectivity index is 2.76. The zero-order valence-electron chi connectivity index (χ0n) is 6.12. The molecule has 0 radical (unpaired) electrons. The largest absolute Gasteiger partial charge is 0.466 e. The molecule has 0 aliphatic carbocycles. The smallest absolute Gasteiger partial charge is 0.331 e. The fourth-order valence-corrected chi connectivity index (χ4v) is 1.23. The van der Waals surface area contributed by atoms with Crippen molar-refractivity contribution in [2.45, 2.75) is 0 Å². The molecule has 1 aliphatic heterocycles. The quantitative estimate of drug-likeness (QED) is 0.463. The van der Waals surface area contributed by atoms with Gasteiger partial charge in [0.25, 0.3) is 11.1 Å². The molecule has 12 heavy (non-hydrogen) atoms. The molecule has 1 N–H and O–H groups in total. The van der Waals surface area contributed by atoms with E-state index in [4.69, 9.17) is 0 Å². The molecule has 0 aromatic heterocycles. The second-order valence-corrected chi connectivity index (χ2v) is 2.89. The number of imide groups is 1. The Morgan fingerprint density at radius 3 is 2.67 bits per heavy atom. The minimum Gasteiger partial charge on any atom is -0.466 e. The predicted octanol–water partition coefficient (Wildman–Crippen LogP) is 0.0263. The number of thioether (sulfide) groups is 1. The molecule has 0 aromatic rings. The van der Waals surface area contributed by atoms with E-state index in [9.17, 15) is 14.4 Å². The maximum Gasteiger partial charge on any atom is 0.331 e. The second-order valence-electron chi connectivity index (χ2n) is 1.88. The number of hydrogen-bond donors (Lipinski definition) is 1. The van der Waals surface area contributed by atoms with Crippen molar-refractivity contribution < 1.29 is 19.1 Å². The highest BCUT2D eigenvalue weighted by atomic mass is 32.2. The van der Waals surface area contributed by atoms with Gasteiger partial charge in [-0.3, -0.25) is 14.9 Å². The lowest BCUT2D eigenvalue weighted by Crippen LogP contribution is -2.18. The van der Waals surface area contributed by atoms with Crippen molar-refractivity contribution in [3.05, 3.63) is 11.0 Å². The number of carbonyl (C=O) groups is 3. The van der Waals surface area contributed by atoms with Crippen molar-refractivity contribution in [1.82, 2.24) is 5.32 Å². The Hall–Kier alpha value is -1.30. The van der Waals surface area contributed by atoms with Gasteiger partial charge in [-0.15, -0.1) is 0 Å². The van der Waals surface area contributed by atoms with Crippen molar-refractivity contribution in [1.29, 1.82) is 0 Å². The zero-order chi connectivity index (χ0) is 9.14. The first kappa shape index (κ1) is 8.79. The molecule has 0 atom stereocenters. The van der Waals surface area contributed by atoms with E-state index in [2.05, 4.69) is 4.74 Å². The number of rotatable bonds is 1. The van der Waals surface area contributed by atoms with Gasteiger partial charge in [0.2, 0.25) is 0 Å². The lowest BCUT2D eigenvalue weighted by Gasteiger charge is -1.90. The first-order valence-corrected chi connectivity index (χ1v) is 3.78. The number of nitrogens with one attached hydrogen (secondary N) is 1. The fraction of sp³-hybridized carbons (Fsp3) is 0.167. The van der Waals surface area contributed by atoms with E-state index >= 15 is 0 Å². The molecular formula is C6H5NO4S. The number of hydrogen-bond acceptors (Lipinski definition) is 5. The summed E-state index contributed by atoms with van der Waals surface area (Å²) >= 11 is 0.678. The Morgan fingerprint density at radius 1 is 1.58 bits per heavy atom. The van der Waals surface area contributed by atoms with Crippen LogP contribution in [0.25, 0.3) is 0 Å². The van der Waals surface area contributed by atoms with Gasteiger partial charge in [0.05, 0.1) is 12.0 Å². The van der Waals surface area contributed by atoms with Crippen LogP contribution >= 0.6 is 11.8 Å². The summed E-state index contributed by atoms with van der Waals surface area (Å²) in [6.07, 6.45) is 0.977. The average molecular weight is 187 g/mol. The molecule has 0 saturated carbocycles. The third kappa shape index (κ3) is 1.85. The van der Waals surface area contributed by atoms with E-state index in [1.54, 1.807) is 0 Å². The molecule has 1 rings (SSSR count). The molecule has 1 aliphatic rings. The summed E-state index contributed by atoms with van der Waals surface area (Å²) in [6, 6.07) is 0. The second kappa shape index (κ2) is 3.40. The van der Waals surface area contributed by atoms with Gasteiger partial charge in [-0.05, 0) is 11.8 Å². The van der Waals surface area contributed by atoms with Gasteiger partial charge in [-0.1, -0.05) is 0 Å². The summed E-state index contributed by atoms with van der Waals surface area (Å²) in [5, 5.41) is 1.53. The predicted molar refractivity (Wildman–Crippen MR) is 41.2 cm³/mol. The van der Waals surface area contributed by atoms with E-state index in [1.807, 2.05) is 5.32 Å². The van der Waals surface area contributed by atoms with Gasteiger partial charge >= 0.3 is 5.97 Å². The molecule has 6 heteroatoms. The van der Waals surface area contributed by atoms with Crippen molar-refractivity contribution >= 4 is 28.9 Å². The third-order valence-corrected chi connectivity index (χ3v) is 1.90. The monoisotopic (exact) mass is 187 g/mol. The number of ether oxygens (including phenoxy) is 1. The molecule has 0 bridgehead atoms. The lowest BCUT2D eigenvalue weighted by molar-refractivity contribution is -0.135. The first-order valence-electron chi connectivity index (χ1n) is 2.96. The molecule has 5 nitrogen and oxygen atoms in total. The molecule has 0 unspecified atom stereocenters. The fourth-order valence-electron chi connectivity index (χ4n) is 0.587. The van der Waals surface area contributed by atoms with E-state index in [0.29, 0.717) is 11.8 Å². The van der Waals surface area contributed by atoms with Crippen LogP contribution in [0.2, 0.25) is 0 Å². The van der Waals surface area contributed by atoms with E-state index in [0.717, 1.165) is 6.08 Å². The van der Waals surface area contributed by atoms with Gasteiger partial charge < -0.3 is 4.74 Å². The third-order valence-electron chi connectivity index (χ3n) is 1.09. The van der Waals surface area contributed by atoms with Crippen LogP contribution in [0.15, 0.2) is 11.0 Å². The van der Waals surface area contributed by atoms with Crippen molar-refractivity contribution in [3.63, 3.8) is 0 Å². The van der Waals surface area contributed by atoms with Gasteiger partial charge in [-0.2, -0.15) is 0 Å². The number of methoxy groups -OCH3 is 1. The number of esters is 1. The van der Waals surface area contributed by atoms with Gasteiger partial charge in [-0.25, -0.2) is 4.79 Å². The molecule has 0 aromatic carbocycles. The summed E-state index contributed by atoms with van der Waals surface area (Å²) in [4.78, 5) is 32.1. The van der Waals surface area contributed by atoms with Gasteiger partial charge in [0, 0.05) is 6.08 Å². The highest BCUT2D eigenvalue weighted by Crippen LogP contribution is 2.22. The van der Waals surface area contributed by atoms with E-state index < -0.39 is 17.1 Å². The summed E-state index contributed by atoms with van der Waals surface area (Å²) < 4.78 is 4.28. The van der Waals surface area contributed by atoms with E-state index in [1.165, 1.54) is 7.11 Å². The molecule has 2 amide bonds. The molecule has 1 heterocycles. The molecule has 1 saturated heterocycles. The highest BCUT2D eigenvalue weighted by molar-refractivity contribution is 8.18. The van der Waals surface area contributed by atoms with Crippen LogP contribution in [-0.2, 0) is 14.3 Å². The van der Waals surface area contributed by atoms with Crippen LogP contribution in [0.5, 0.6) is 0 Å². The lowest BCUT2D eigenvalue weighted by atomic mass is 10.4. The summed E-state index contributed by atoms with van der Waals surface area (Å²) in [5.74, 6) is -1.21. The Labute approximate surface area is 72.1 Å². The first-order chi connectivity index (χ1) is 5.63. The van der Waals surface area contributed by atoms with E-state index in [-0.39, 0.29) is 4.91 Å². The van der Waals surface area contributed by atoms with Crippen molar-refractivity contribution in [3.8, 4) is 0 Å². The van der Waals surface area contributed by atoms with Crippen LogP contribution in [0.4, 0.5) is 4.79 Å². The molecule has 0 spiro atoms. The summed E-state index contributed by atoms with van der Waals surface area (Å²) in [7, 11) is 1.19. The average Bonchev–Trinajstić information content (AvgIpc) is 2.30. The minimum atomic E-state index is -0.651. The van der Waals surface area contributed by atoms with Crippen LogP contribution < -0.4 is 5.32 Å². The Bertz CT molecular complexity index is 283. The highest BCUT2D eigenvalue weighted by Gasteiger charge is 2.25. The summed E-state index contributed by atoms with van der Waals surface area (Å²) in [5.41, 5.74) is 0. The number of amides is 2. The Kier molecular flexibility index (Phi) is 2.49. The molecule has 1 fully saturated rings. The SMILES string of the molecule is COC(=O)C=C1SC(=O)NC1=O. The van der Waals surface area contributed by atoms with Crippen LogP contribution in [0.1, 0.15) is 0 Å². The summed E-state index contributed by atoms with van der Waals surface area (Å²) in [6.45, 7) is 0. The maximum atomic E-state index is 10.8. The van der Waals surface area contributed by atoms with Crippen LogP contribution in [0.3, 0.4) is 0 Å². The van der Waals surface area contributed by atoms with Gasteiger partial charge in [0.1, 0.15) is 0 Å². The van der Waals surface area contributed by atoms with Crippen LogP contribution in [-0.4, -0.2) is 24.2 Å². The van der Waals surface area contributed by atoms with Crippen molar-refractivity contribution in [2.24, 2.45) is 0 Å². The standard InChI is InChI=1S/C6H5NO4S/c1-11-4(8)2-3-5(9)7-6(10)12-3/h2H,1H3,(H,7,9,10). The maximum absolute atomic E-state index is 10.8. The number of carbonyl (C=O) groups excluding carboxylic acids is 3. The molecule has 64 valence electrons. The normalized spacial score (nSPS) is 19.6. The minimum absolute atomic E-state index is 0.0619. The van der Waals surface area contributed by atoms with Gasteiger partial charge in [0.15, 0.2) is 0 Å². The Morgan fingerprint density at radius 2 is 2.25 bits per heavy atom. The van der Waals surface area contributed by atoms with Crippen molar-refractivity contribution in [2.75, 3.05) is 7.11 Å². The molecular weight excluding hydrogens is 182 g/mol. The zero-order valence-corrected chi connectivity index (χ0v) is 6.94.